The van der Waals surface area contributed by atoms with Gasteiger partial charge in [0.15, 0.2) is 0 Å². The van der Waals surface area contributed by atoms with Crippen LogP contribution < -0.4 is 11.5 Å². The second kappa shape index (κ2) is 7.78. The Labute approximate surface area is 105 Å². The van der Waals surface area contributed by atoms with Crippen LogP contribution in [0.15, 0.2) is 0 Å². The third-order valence-electron chi connectivity index (χ3n) is 2.72. The first-order chi connectivity index (χ1) is 8.29. The first-order valence-corrected chi connectivity index (χ1v) is 5.78. The maximum absolute atomic E-state index is 11.4. The second-order valence-corrected chi connectivity index (χ2v) is 4.19. The summed E-state index contributed by atoms with van der Waals surface area (Å²) in [6, 6.07) is -2.00. The molecule has 0 saturated heterocycles. The highest BCUT2D eigenvalue weighted by Gasteiger charge is 2.24. The molecule has 0 aromatic heterocycles. The standard InChI is InChI=1S/C11H20N2O5/c1-3-6(2)9(13)11(17)18-8(14)5-4-7(12)10(15)16/h6-7,9H,3-5,12-13H2,1-2H3,(H,15,16)/t6-,7-,9-/m0/s1. The summed E-state index contributed by atoms with van der Waals surface area (Å²) in [6.45, 7) is 3.64. The van der Waals surface area contributed by atoms with Crippen LogP contribution >= 0.6 is 0 Å². The first kappa shape index (κ1) is 16.5. The molecule has 0 saturated carbocycles. The maximum atomic E-state index is 11.4. The number of carboxylic acids is 1. The van der Waals surface area contributed by atoms with Gasteiger partial charge in [-0.15, -0.1) is 0 Å². The fourth-order valence-corrected chi connectivity index (χ4v) is 1.11. The predicted octanol–water partition coefficient (Wildman–Crippen LogP) is -0.378. The highest BCUT2D eigenvalue weighted by molar-refractivity contribution is 5.88. The van der Waals surface area contributed by atoms with Gasteiger partial charge in [0.25, 0.3) is 0 Å². The molecule has 0 amide bonds. The third-order valence-corrected chi connectivity index (χ3v) is 2.72. The van der Waals surface area contributed by atoms with E-state index in [4.69, 9.17) is 16.6 Å². The lowest BCUT2D eigenvalue weighted by molar-refractivity contribution is -0.161. The zero-order valence-electron chi connectivity index (χ0n) is 10.6. The number of hydrogen-bond donors (Lipinski definition) is 3. The summed E-state index contributed by atoms with van der Waals surface area (Å²) in [5, 5.41) is 8.51. The Balaban J connectivity index is 4.09. The predicted molar refractivity (Wildman–Crippen MR) is 63.4 cm³/mol. The van der Waals surface area contributed by atoms with E-state index in [0.717, 1.165) is 0 Å². The molecule has 7 nitrogen and oxygen atoms in total. The maximum Gasteiger partial charge on any atom is 0.330 e. The Bertz CT molecular complexity index is 319. The Morgan fingerprint density at radius 3 is 2.28 bits per heavy atom. The molecule has 0 aromatic rings. The van der Waals surface area contributed by atoms with Gasteiger partial charge in [0, 0.05) is 6.42 Å². The molecular formula is C11H20N2O5. The van der Waals surface area contributed by atoms with Gasteiger partial charge in [0.05, 0.1) is 0 Å². The number of carbonyl (C=O) groups excluding carboxylic acids is 2. The van der Waals surface area contributed by atoms with Gasteiger partial charge in [-0.25, -0.2) is 4.79 Å². The van der Waals surface area contributed by atoms with Crippen LogP contribution in [0.1, 0.15) is 33.1 Å². The Hall–Kier alpha value is -1.47. The fraction of sp³-hybridized carbons (Fsp3) is 0.727. The molecule has 0 fully saturated rings. The van der Waals surface area contributed by atoms with Gasteiger partial charge < -0.3 is 21.3 Å². The van der Waals surface area contributed by atoms with E-state index >= 15 is 0 Å². The van der Waals surface area contributed by atoms with E-state index in [0.29, 0.717) is 6.42 Å². The average Bonchev–Trinajstić information content (AvgIpc) is 2.33. The summed E-state index contributed by atoms with van der Waals surface area (Å²) in [5.41, 5.74) is 10.8. The lowest BCUT2D eigenvalue weighted by atomic mass is 10.0. The summed E-state index contributed by atoms with van der Waals surface area (Å²) in [5.74, 6) is -2.90. The van der Waals surface area contributed by atoms with Gasteiger partial charge in [0.2, 0.25) is 0 Å². The second-order valence-electron chi connectivity index (χ2n) is 4.19. The van der Waals surface area contributed by atoms with Crippen LogP contribution in [-0.2, 0) is 19.1 Å². The molecule has 0 aliphatic carbocycles. The molecule has 0 heterocycles. The summed E-state index contributed by atoms with van der Waals surface area (Å²) < 4.78 is 4.51. The van der Waals surface area contributed by atoms with E-state index in [-0.39, 0.29) is 18.8 Å². The average molecular weight is 260 g/mol. The first-order valence-electron chi connectivity index (χ1n) is 5.78. The molecule has 5 N–H and O–H groups in total. The quantitative estimate of drug-likeness (QED) is 0.419. The summed E-state index contributed by atoms with van der Waals surface area (Å²) >= 11 is 0. The molecule has 18 heavy (non-hydrogen) atoms. The van der Waals surface area contributed by atoms with E-state index in [1.54, 1.807) is 6.92 Å². The highest BCUT2D eigenvalue weighted by Crippen LogP contribution is 2.07. The van der Waals surface area contributed by atoms with Crippen LogP contribution in [-0.4, -0.2) is 35.1 Å². The van der Waals surface area contributed by atoms with Crippen molar-refractivity contribution in [1.29, 1.82) is 0 Å². The van der Waals surface area contributed by atoms with Crippen LogP contribution in [0.3, 0.4) is 0 Å². The molecule has 7 heteroatoms. The van der Waals surface area contributed by atoms with E-state index in [2.05, 4.69) is 4.74 Å². The summed E-state index contributed by atoms with van der Waals surface area (Å²) in [7, 11) is 0. The number of rotatable bonds is 7. The molecule has 3 atom stereocenters. The summed E-state index contributed by atoms with van der Waals surface area (Å²) in [6.07, 6.45) is 0.376. The van der Waals surface area contributed by atoms with Crippen molar-refractivity contribution in [3.05, 3.63) is 0 Å². The number of carboxylic acid groups (broad SMARTS) is 1. The third kappa shape index (κ3) is 5.74. The molecule has 0 radical (unpaired) electrons. The van der Waals surface area contributed by atoms with Crippen molar-refractivity contribution in [1.82, 2.24) is 0 Å². The highest BCUT2D eigenvalue weighted by atomic mass is 16.6. The van der Waals surface area contributed by atoms with Gasteiger partial charge >= 0.3 is 17.9 Å². The van der Waals surface area contributed by atoms with E-state index in [1.165, 1.54) is 0 Å². The topological polar surface area (TPSA) is 133 Å². The van der Waals surface area contributed by atoms with Gasteiger partial charge in [-0.2, -0.15) is 0 Å². The Morgan fingerprint density at radius 2 is 1.83 bits per heavy atom. The van der Waals surface area contributed by atoms with Crippen LogP contribution in [0, 0.1) is 5.92 Å². The van der Waals surface area contributed by atoms with Crippen molar-refractivity contribution < 1.29 is 24.2 Å². The van der Waals surface area contributed by atoms with Gasteiger partial charge in [-0.1, -0.05) is 20.3 Å². The minimum atomic E-state index is -1.20. The molecule has 0 aliphatic rings. The number of esters is 2. The van der Waals surface area contributed by atoms with Crippen molar-refractivity contribution in [2.24, 2.45) is 17.4 Å². The zero-order valence-corrected chi connectivity index (χ0v) is 10.6. The molecule has 0 aromatic carbocycles. The largest absolute Gasteiger partial charge is 0.480 e. The molecular weight excluding hydrogens is 240 g/mol. The van der Waals surface area contributed by atoms with E-state index in [9.17, 15) is 14.4 Å². The normalized spacial score (nSPS) is 15.6. The molecule has 0 bridgehead atoms. The molecule has 0 spiro atoms. The fourth-order valence-electron chi connectivity index (χ4n) is 1.11. The van der Waals surface area contributed by atoms with Gasteiger partial charge in [-0.05, 0) is 12.3 Å². The number of hydrogen-bond acceptors (Lipinski definition) is 6. The minimum Gasteiger partial charge on any atom is -0.480 e. The number of ether oxygens (including phenoxy) is 1. The van der Waals surface area contributed by atoms with E-state index in [1.807, 2.05) is 6.92 Å². The summed E-state index contributed by atoms with van der Waals surface area (Å²) in [4.78, 5) is 33.1. The van der Waals surface area contributed by atoms with Crippen molar-refractivity contribution in [2.45, 2.75) is 45.2 Å². The minimum absolute atomic E-state index is 0.0833. The smallest absolute Gasteiger partial charge is 0.330 e. The SMILES string of the molecule is CC[C@H](C)[C@H](N)C(=O)OC(=O)CC[C@H](N)C(=O)O. The number of nitrogens with two attached hydrogens (primary N) is 2. The lowest BCUT2D eigenvalue weighted by Gasteiger charge is -2.16. The number of aliphatic carboxylic acids is 1. The molecule has 0 rings (SSSR count). The lowest BCUT2D eigenvalue weighted by Crippen LogP contribution is -2.39. The number of carbonyl (C=O) groups is 3. The molecule has 0 aliphatic heterocycles. The van der Waals surface area contributed by atoms with Crippen LogP contribution in [0.25, 0.3) is 0 Å². The van der Waals surface area contributed by atoms with Crippen LogP contribution in [0.2, 0.25) is 0 Å². The van der Waals surface area contributed by atoms with E-state index < -0.39 is 30.0 Å². The Morgan fingerprint density at radius 1 is 1.28 bits per heavy atom. The Kier molecular flexibility index (Phi) is 7.14. The van der Waals surface area contributed by atoms with Crippen molar-refractivity contribution in [3.63, 3.8) is 0 Å². The van der Waals surface area contributed by atoms with Crippen LogP contribution in [0.4, 0.5) is 0 Å². The van der Waals surface area contributed by atoms with Crippen molar-refractivity contribution in [3.8, 4) is 0 Å². The monoisotopic (exact) mass is 260 g/mol. The van der Waals surface area contributed by atoms with Crippen molar-refractivity contribution >= 4 is 17.9 Å². The zero-order chi connectivity index (χ0) is 14.3. The van der Waals surface area contributed by atoms with Gasteiger partial charge in [-0.3, -0.25) is 9.59 Å². The van der Waals surface area contributed by atoms with Crippen molar-refractivity contribution in [2.75, 3.05) is 0 Å². The molecule has 104 valence electrons. The van der Waals surface area contributed by atoms with Crippen LogP contribution in [0.5, 0.6) is 0 Å². The van der Waals surface area contributed by atoms with Gasteiger partial charge in [0.1, 0.15) is 12.1 Å². The molecule has 0 unspecified atom stereocenters.